The van der Waals surface area contributed by atoms with Crippen molar-refractivity contribution in [2.45, 2.75) is 17.7 Å². The molecule has 0 N–H and O–H groups in total. The average Bonchev–Trinajstić information content (AvgIpc) is 2.94. The van der Waals surface area contributed by atoms with Gasteiger partial charge in [0.25, 0.3) is 0 Å². The standard InChI is InChI=1S/C27H29BrN4O3S/c28-24-5-1-21(2-6-24)22-3-7-26(8-4-22)36(34,35)32-19-17-31(18-20-32)27(33)23-11-15-30(16-12-23)25-9-13-29-14-10-25/h1-10,13-14,23H,11-12,15-20H2. The number of aromatic nitrogens is 1. The molecule has 1 amide bonds. The van der Waals surface area contributed by atoms with Crippen LogP contribution in [0.25, 0.3) is 11.1 Å². The number of carbonyl (C=O) groups excluding carboxylic acids is 1. The molecule has 2 fully saturated rings. The van der Waals surface area contributed by atoms with Crippen LogP contribution in [-0.2, 0) is 14.8 Å². The number of benzene rings is 2. The Hall–Kier alpha value is -2.75. The van der Waals surface area contributed by atoms with Crippen molar-refractivity contribution in [2.24, 2.45) is 5.92 Å². The summed E-state index contributed by atoms with van der Waals surface area (Å²) in [4.78, 5) is 21.6. The molecule has 0 aliphatic carbocycles. The molecular weight excluding hydrogens is 540 g/mol. The third-order valence-corrected chi connectivity index (χ3v) is 9.53. The monoisotopic (exact) mass is 568 g/mol. The number of anilines is 1. The quantitative estimate of drug-likeness (QED) is 0.459. The van der Waals surface area contributed by atoms with E-state index in [1.807, 2.05) is 53.4 Å². The Morgan fingerprint density at radius 2 is 1.33 bits per heavy atom. The highest BCUT2D eigenvalue weighted by molar-refractivity contribution is 9.10. The summed E-state index contributed by atoms with van der Waals surface area (Å²) in [5, 5.41) is 0. The third kappa shape index (κ3) is 5.33. The van der Waals surface area contributed by atoms with Gasteiger partial charge in [0.1, 0.15) is 0 Å². The number of halogens is 1. The summed E-state index contributed by atoms with van der Waals surface area (Å²) in [7, 11) is -3.60. The maximum absolute atomic E-state index is 13.2. The van der Waals surface area contributed by atoms with E-state index in [-0.39, 0.29) is 16.7 Å². The number of hydrogen-bond donors (Lipinski definition) is 0. The minimum absolute atomic E-state index is 0.00241. The minimum Gasteiger partial charge on any atom is -0.371 e. The Bertz CT molecular complexity index is 1290. The van der Waals surface area contributed by atoms with Crippen molar-refractivity contribution < 1.29 is 13.2 Å². The molecule has 2 aliphatic heterocycles. The van der Waals surface area contributed by atoms with E-state index in [0.717, 1.165) is 47.2 Å². The van der Waals surface area contributed by atoms with E-state index in [1.165, 1.54) is 4.31 Å². The van der Waals surface area contributed by atoms with Crippen molar-refractivity contribution in [3.63, 3.8) is 0 Å². The molecule has 2 aromatic carbocycles. The third-order valence-electron chi connectivity index (χ3n) is 7.09. The molecule has 1 aromatic heterocycles. The first-order chi connectivity index (χ1) is 17.4. The fourth-order valence-electron chi connectivity index (χ4n) is 4.96. The zero-order chi connectivity index (χ0) is 25.1. The zero-order valence-corrected chi connectivity index (χ0v) is 22.4. The van der Waals surface area contributed by atoms with Gasteiger partial charge in [-0.15, -0.1) is 0 Å². The van der Waals surface area contributed by atoms with Gasteiger partial charge >= 0.3 is 0 Å². The smallest absolute Gasteiger partial charge is 0.243 e. The number of piperazine rings is 1. The fraction of sp³-hybridized carbons (Fsp3) is 0.333. The van der Waals surface area contributed by atoms with Crippen LogP contribution in [0.2, 0.25) is 0 Å². The molecule has 2 saturated heterocycles. The van der Waals surface area contributed by atoms with Crippen molar-refractivity contribution in [2.75, 3.05) is 44.2 Å². The topological polar surface area (TPSA) is 73.8 Å². The number of rotatable bonds is 5. The summed E-state index contributed by atoms with van der Waals surface area (Å²) in [6.07, 6.45) is 5.20. The molecule has 0 radical (unpaired) electrons. The predicted octanol–water partition coefficient (Wildman–Crippen LogP) is 4.26. The van der Waals surface area contributed by atoms with E-state index in [0.29, 0.717) is 26.2 Å². The molecular formula is C27H29BrN4O3S. The van der Waals surface area contributed by atoms with Gasteiger partial charge in [0.05, 0.1) is 4.90 Å². The fourth-order valence-corrected chi connectivity index (χ4v) is 6.64. The SMILES string of the molecule is O=C(C1CCN(c2ccncc2)CC1)N1CCN(S(=O)(=O)c2ccc(-c3ccc(Br)cc3)cc2)CC1. The van der Waals surface area contributed by atoms with E-state index in [2.05, 4.69) is 25.8 Å². The van der Waals surface area contributed by atoms with Crippen LogP contribution in [0.1, 0.15) is 12.8 Å². The van der Waals surface area contributed by atoms with Crippen molar-refractivity contribution in [3.05, 3.63) is 77.5 Å². The van der Waals surface area contributed by atoms with Crippen LogP contribution in [0.3, 0.4) is 0 Å². The normalized spacial score (nSPS) is 17.8. The van der Waals surface area contributed by atoms with Gasteiger partial charge < -0.3 is 9.80 Å². The van der Waals surface area contributed by atoms with Crippen LogP contribution in [0.5, 0.6) is 0 Å². The highest BCUT2D eigenvalue weighted by atomic mass is 79.9. The molecule has 9 heteroatoms. The molecule has 2 aliphatic rings. The van der Waals surface area contributed by atoms with Gasteiger partial charge in [-0.2, -0.15) is 4.31 Å². The maximum Gasteiger partial charge on any atom is 0.243 e. The van der Waals surface area contributed by atoms with E-state index in [4.69, 9.17) is 0 Å². The maximum atomic E-state index is 13.2. The summed E-state index contributed by atoms with van der Waals surface area (Å²) in [5.41, 5.74) is 3.13. The van der Waals surface area contributed by atoms with Gasteiger partial charge in [-0.05, 0) is 60.4 Å². The molecule has 0 unspecified atom stereocenters. The van der Waals surface area contributed by atoms with Gasteiger partial charge in [0.2, 0.25) is 15.9 Å². The van der Waals surface area contributed by atoms with Crippen LogP contribution >= 0.6 is 15.9 Å². The Morgan fingerprint density at radius 1 is 0.778 bits per heavy atom. The molecule has 3 heterocycles. The summed E-state index contributed by atoms with van der Waals surface area (Å²) in [6, 6.07) is 18.9. The molecule has 188 valence electrons. The van der Waals surface area contributed by atoms with E-state index < -0.39 is 10.0 Å². The van der Waals surface area contributed by atoms with E-state index >= 15 is 0 Å². The van der Waals surface area contributed by atoms with E-state index in [1.54, 1.807) is 24.5 Å². The first-order valence-corrected chi connectivity index (χ1v) is 14.4. The second-order valence-corrected chi connectivity index (χ2v) is 12.1. The Morgan fingerprint density at radius 3 is 1.92 bits per heavy atom. The molecule has 0 atom stereocenters. The number of sulfonamides is 1. The van der Waals surface area contributed by atoms with Crippen LogP contribution in [0, 0.1) is 5.92 Å². The lowest BCUT2D eigenvalue weighted by atomic mass is 9.94. The highest BCUT2D eigenvalue weighted by Gasteiger charge is 2.34. The Labute approximate surface area is 220 Å². The number of piperidine rings is 1. The van der Waals surface area contributed by atoms with Crippen LogP contribution in [-0.4, -0.2) is 67.8 Å². The lowest BCUT2D eigenvalue weighted by Gasteiger charge is -2.38. The largest absolute Gasteiger partial charge is 0.371 e. The van der Waals surface area contributed by atoms with Gasteiger partial charge in [-0.1, -0.05) is 40.2 Å². The van der Waals surface area contributed by atoms with Gasteiger partial charge in [-0.3, -0.25) is 9.78 Å². The van der Waals surface area contributed by atoms with Gasteiger partial charge in [0, 0.05) is 67.7 Å². The van der Waals surface area contributed by atoms with Crippen LogP contribution in [0.4, 0.5) is 5.69 Å². The second kappa shape index (κ2) is 10.7. The summed E-state index contributed by atoms with van der Waals surface area (Å²) >= 11 is 3.43. The number of pyridine rings is 1. The zero-order valence-electron chi connectivity index (χ0n) is 20.0. The summed E-state index contributed by atoms with van der Waals surface area (Å²) in [5.74, 6) is 0.151. The summed E-state index contributed by atoms with van der Waals surface area (Å²) < 4.78 is 29.0. The highest BCUT2D eigenvalue weighted by Crippen LogP contribution is 2.27. The summed E-state index contributed by atoms with van der Waals surface area (Å²) in [6.45, 7) is 3.17. The molecule has 0 spiro atoms. The second-order valence-electron chi connectivity index (χ2n) is 9.23. The van der Waals surface area contributed by atoms with Crippen LogP contribution in [0.15, 0.2) is 82.4 Å². The van der Waals surface area contributed by atoms with Gasteiger partial charge in [0.15, 0.2) is 0 Å². The molecule has 3 aromatic rings. The van der Waals surface area contributed by atoms with Crippen molar-refractivity contribution >= 4 is 37.5 Å². The molecule has 0 bridgehead atoms. The first-order valence-electron chi connectivity index (χ1n) is 12.2. The number of hydrogen-bond acceptors (Lipinski definition) is 5. The average molecular weight is 570 g/mol. The lowest BCUT2D eigenvalue weighted by molar-refractivity contribution is -0.137. The van der Waals surface area contributed by atoms with Crippen molar-refractivity contribution in [1.29, 1.82) is 0 Å². The molecule has 36 heavy (non-hydrogen) atoms. The first kappa shape index (κ1) is 24.9. The predicted molar refractivity (Wildman–Crippen MR) is 144 cm³/mol. The number of carbonyl (C=O) groups is 1. The Kier molecular flexibility index (Phi) is 7.41. The molecule has 7 nitrogen and oxygen atoms in total. The number of nitrogens with zero attached hydrogens (tertiary/aromatic N) is 4. The minimum atomic E-state index is -3.60. The van der Waals surface area contributed by atoms with Crippen molar-refractivity contribution in [1.82, 2.24) is 14.2 Å². The van der Waals surface area contributed by atoms with Crippen molar-refractivity contribution in [3.8, 4) is 11.1 Å². The van der Waals surface area contributed by atoms with Gasteiger partial charge in [-0.25, -0.2) is 8.42 Å². The number of amides is 1. The van der Waals surface area contributed by atoms with E-state index in [9.17, 15) is 13.2 Å². The Balaban J connectivity index is 1.16. The molecule has 0 saturated carbocycles. The molecule has 5 rings (SSSR count). The van der Waals surface area contributed by atoms with Crippen LogP contribution < -0.4 is 4.90 Å². The lowest BCUT2D eigenvalue weighted by Crippen LogP contribution is -2.52.